The van der Waals surface area contributed by atoms with Gasteiger partial charge in [-0.1, -0.05) is 56.1 Å². The fraction of sp³-hybridized carbons (Fsp3) is 0.452. The zero-order valence-electron chi connectivity index (χ0n) is 22.9. The Morgan fingerprint density at radius 3 is 2.70 bits per heavy atom. The Hall–Kier alpha value is -3.10. The van der Waals surface area contributed by atoms with Gasteiger partial charge in [0.2, 0.25) is 0 Å². The van der Waals surface area contributed by atoms with Gasteiger partial charge in [-0.3, -0.25) is 9.88 Å². The highest BCUT2D eigenvalue weighted by Gasteiger charge is 2.51. The van der Waals surface area contributed by atoms with Gasteiger partial charge in [0.1, 0.15) is 29.5 Å². The van der Waals surface area contributed by atoms with E-state index in [9.17, 15) is 4.39 Å². The van der Waals surface area contributed by atoms with Crippen molar-refractivity contribution >= 4 is 39.1 Å². The molecule has 40 heavy (non-hydrogen) atoms. The highest BCUT2D eigenvalue weighted by atomic mass is 35.5. The van der Waals surface area contributed by atoms with Crippen molar-refractivity contribution in [3.05, 3.63) is 53.2 Å². The van der Waals surface area contributed by atoms with Crippen LogP contribution in [0.25, 0.3) is 32.9 Å². The molecule has 2 saturated heterocycles. The SMILES string of the molecule is CCC[C@@H]1[C@H](C)CN1c1nc(OC[C@@H]2[C@@H]3CC3CN2C)nc2c(F)c(-c3cccc4ccc(F)c(Cl)c34)ncc12. The number of benzene rings is 2. The predicted molar refractivity (Wildman–Crippen MR) is 154 cm³/mol. The van der Waals surface area contributed by atoms with Crippen molar-refractivity contribution in [2.24, 2.45) is 17.8 Å². The van der Waals surface area contributed by atoms with Gasteiger partial charge in [-0.15, -0.1) is 0 Å². The fourth-order valence-electron chi connectivity index (χ4n) is 6.91. The lowest BCUT2D eigenvalue weighted by atomic mass is 9.87. The summed E-state index contributed by atoms with van der Waals surface area (Å²) in [6, 6.07) is 9.06. The third kappa shape index (κ3) is 4.10. The van der Waals surface area contributed by atoms with E-state index in [4.69, 9.17) is 21.3 Å². The lowest BCUT2D eigenvalue weighted by Crippen LogP contribution is -2.55. The van der Waals surface area contributed by atoms with E-state index in [1.54, 1.807) is 24.4 Å². The maximum atomic E-state index is 16.5. The summed E-state index contributed by atoms with van der Waals surface area (Å²) in [6.07, 6.45) is 4.94. The summed E-state index contributed by atoms with van der Waals surface area (Å²) in [5, 5.41) is 1.61. The third-order valence-corrected chi connectivity index (χ3v) is 9.54. The molecule has 6 nitrogen and oxygen atoms in total. The van der Waals surface area contributed by atoms with E-state index >= 15 is 4.39 Å². The summed E-state index contributed by atoms with van der Waals surface area (Å²) < 4.78 is 37.1. The van der Waals surface area contributed by atoms with Crippen LogP contribution in [0.3, 0.4) is 0 Å². The summed E-state index contributed by atoms with van der Waals surface area (Å²) in [6.45, 7) is 6.79. The molecule has 4 heterocycles. The van der Waals surface area contributed by atoms with Crippen molar-refractivity contribution in [2.75, 3.05) is 31.6 Å². The molecule has 3 aliphatic rings. The van der Waals surface area contributed by atoms with Gasteiger partial charge in [0.05, 0.1) is 10.4 Å². The normalized spacial score (nSPS) is 25.9. The molecule has 1 saturated carbocycles. The van der Waals surface area contributed by atoms with Gasteiger partial charge in [0.25, 0.3) is 0 Å². The molecule has 1 unspecified atom stereocenters. The van der Waals surface area contributed by atoms with Crippen LogP contribution in [-0.4, -0.2) is 58.7 Å². The number of pyridine rings is 1. The molecule has 1 aliphatic carbocycles. The minimum atomic E-state index is -0.598. The molecule has 5 atom stereocenters. The summed E-state index contributed by atoms with van der Waals surface area (Å²) >= 11 is 6.38. The van der Waals surface area contributed by atoms with Crippen LogP contribution in [0.2, 0.25) is 5.02 Å². The highest BCUT2D eigenvalue weighted by molar-refractivity contribution is 6.36. The first-order chi connectivity index (χ1) is 19.4. The number of likely N-dealkylation sites (N-methyl/N-ethyl adjacent to an activating group) is 1. The summed E-state index contributed by atoms with van der Waals surface area (Å²) in [4.78, 5) is 18.5. The van der Waals surface area contributed by atoms with Gasteiger partial charge in [0.15, 0.2) is 5.82 Å². The highest BCUT2D eigenvalue weighted by Crippen LogP contribution is 2.49. The minimum Gasteiger partial charge on any atom is -0.462 e. The first-order valence-corrected chi connectivity index (χ1v) is 14.6. The lowest BCUT2D eigenvalue weighted by Gasteiger charge is -2.48. The van der Waals surface area contributed by atoms with Crippen LogP contribution < -0.4 is 9.64 Å². The van der Waals surface area contributed by atoms with Gasteiger partial charge in [-0.2, -0.15) is 9.97 Å². The van der Waals surface area contributed by atoms with Crippen LogP contribution in [-0.2, 0) is 0 Å². The average molecular weight is 564 g/mol. The first-order valence-electron chi connectivity index (χ1n) is 14.2. The monoisotopic (exact) mass is 563 g/mol. The van der Waals surface area contributed by atoms with E-state index < -0.39 is 11.6 Å². The number of aromatic nitrogens is 3. The van der Waals surface area contributed by atoms with Crippen molar-refractivity contribution in [1.82, 2.24) is 19.9 Å². The summed E-state index contributed by atoms with van der Waals surface area (Å²) in [7, 11) is 2.12. The van der Waals surface area contributed by atoms with Gasteiger partial charge in [-0.25, -0.2) is 8.78 Å². The number of nitrogens with zero attached hydrogens (tertiary/aromatic N) is 5. The van der Waals surface area contributed by atoms with Crippen LogP contribution in [0.15, 0.2) is 36.5 Å². The number of rotatable bonds is 7. The Bertz CT molecular complexity index is 1630. The predicted octanol–water partition coefficient (Wildman–Crippen LogP) is 6.73. The summed E-state index contributed by atoms with van der Waals surface area (Å²) in [5.74, 6) is 1.41. The molecule has 0 amide bonds. The Balaban J connectivity index is 1.35. The fourth-order valence-corrected chi connectivity index (χ4v) is 7.19. The second kappa shape index (κ2) is 9.77. The Labute approximate surface area is 237 Å². The van der Waals surface area contributed by atoms with E-state index in [-0.39, 0.29) is 22.2 Å². The smallest absolute Gasteiger partial charge is 0.319 e. The van der Waals surface area contributed by atoms with Crippen LogP contribution >= 0.6 is 11.6 Å². The van der Waals surface area contributed by atoms with Crippen molar-refractivity contribution < 1.29 is 13.5 Å². The molecule has 0 spiro atoms. The van der Waals surface area contributed by atoms with E-state index in [1.165, 1.54) is 12.5 Å². The molecule has 2 aromatic heterocycles. The van der Waals surface area contributed by atoms with Crippen LogP contribution in [0.4, 0.5) is 14.6 Å². The van der Waals surface area contributed by atoms with Crippen molar-refractivity contribution in [3.8, 4) is 17.3 Å². The van der Waals surface area contributed by atoms with E-state index in [1.807, 2.05) is 6.07 Å². The Kier molecular flexibility index (Phi) is 6.31. The largest absolute Gasteiger partial charge is 0.462 e. The molecule has 2 aromatic carbocycles. The lowest BCUT2D eigenvalue weighted by molar-refractivity contribution is 0.166. The van der Waals surface area contributed by atoms with Crippen LogP contribution in [0, 0.1) is 29.4 Å². The molecule has 4 aromatic rings. The van der Waals surface area contributed by atoms with Gasteiger partial charge in [-0.05, 0) is 49.1 Å². The quantitative estimate of drug-likeness (QED) is 0.248. The summed E-state index contributed by atoms with van der Waals surface area (Å²) in [5.41, 5.74) is 0.630. The van der Waals surface area contributed by atoms with Gasteiger partial charge >= 0.3 is 6.01 Å². The molecular weight excluding hydrogens is 532 g/mol. The van der Waals surface area contributed by atoms with Crippen molar-refractivity contribution in [3.63, 3.8) is 0 Å². The van der Waals surface area contributed by atoms with Crippen LogP contribution in [0.1, 0.15) is 33.1 Å². The maximum absolute atomic E-state index is 16.5. The third-order valence-electron chi connectivity index (χ3n) is 9.18. The molecular formula is C31H32ClF2N5O. The number of piperidine rings is 1. The van der Waals surface area contributed by atoms with Gasteiger partial charge < -0.3 is 9.64 Å². The number of anilines is 1. The molecule has 2 aliphatic heterocycles. The topological polar surface area (TPSA) is 54.4 Å². The zero-order chi connectivity index (χ0) is 27.7. The molecule has 208 valence electrons. The number of likely N-dealkylation sites (tertiary alicyclic amines) is 1. The molecule has 0 bridgehead atoms. The second-order valence-corrected chi connectivity index (χ2v) is 12.1. The number of halogens is 3. The number of ether oxygens (including phenoxy) is 1. The Morgan fingerprint density at radius 2 is 1.95 bits per heavy atom. The first kappa shape index (κ1) is 25.8. The Morgan fingerprint density at radius 1 is 1.10 bits per heavy atom. The molecule has 3 fully saturated rings. The standard InChI is InChI=1S/C31H32ClF2N5O/c1-4-6-23-16(2)13-39(23)30-21-12-35-28(19-8-5-7-17-9-10-22(33)26(32)25(17)19)27(34)29(21)36-31(37-30)40-15-24-20-11-18(20)14-38(24)3/h5,7-10,12,16,18,20,23-24H,4,6,11,13-15H2,1-3H3/t16-,18?,20-,23-,24-/m1/s1. The van der Waals surface area contributed by atoms with E-state index in [2.05, 4.69) is 40.7 Å². The molecule has 0 N–H and O–H groups in total. The molecule has 0 radical (unpaired) electrons. The number of hydrogen-bond acceptors (Lipinski definition) is 6. The molecule has 7 rings (SSSR count). The van der Waals surface area contributed by atoms with Crippen molar-refractivity contribution in [2.45, 2.75) is 45.2 Å². The van der Waals surface area contributed by atoms with Crippen molar-refractivity contribution in [1.29, 1.82) is 0 Å². The minimum absolute atomic E-state index is 0.0576. The molecule has 9 heteroatoms. The zero-order valence-corrected chi connectivity index (χ0v) is 23.6. The van der Waals surface area contributed by atoms with Crippen LogP contribution in [0.5, 0.6) is 6.01 Å². The average Bonchev–Trinajstić information content (AvgIpc) is 3.63. The van der Waals surface area contributed by atoms with Gasteiger partial charge in [0, 0.05) is 42.3 Å². The van der Waals surface area contributed by atoms with E-state index in [0.29, 0.717) is 58.1 Å². The second-order valence-electron chi connectivity index (χ2n) is 11.7. The number of hydrogen-bond donors (Lipinski definition) is 0. The van der Waals surface area contributed by atoms with E-state index in [0.717, 1.165) is 31.8 Å². The number of fused-ring (bicyclic) bond motifs is 3. The maximum Gasteiger partial charge on any atom is 0.319 e.